The number of aromatic nitrogens is 2. The van der Waals surface area contributed by atoms with Gasteiger partial charge >= 0.3 is 0 Å². The van der Waals surface area contributed by atoms with Gasteiger partial charge in [0.2, 0.25) is 0 Å². The highest BCUT2D eigenvalue weighted by Crippen LogP contribution is 2.25. The highest BCUT2D eigenvalue weighted by molar-refractivity contribution is 8.13. The first-order chi connectivity index (χ1) is 7.84. The molecule has 1 aromatic rings. The van der Waals surface area contributed by atoms with E-state index >= 15 is 0 Å². The Labute approximate surface area is 105 Å². The average Bonchev–Trinajstić information content (AvgIpc) is 2.49. The van der Waals surface area contributed by atoms with E-state index in [1.165, 1.54) is 6.92 Å². The van der Waals surface area contributed by atoms with Gasteiger partial charge in [0.1, 0.15) is 6.10 Å². The minimum absolute atomic E-state index is 0.0733. The molecule has 0 fully saturated rings. The number of aliphatic hydroxyl groups excluding tert-OH is 2. The van der Waals surface area contributed by atoms with E-state index in [9.17, 15) is 15.0 Å². The van der Waals surface area contributed by atoms with Crippen LogP contribution in [0.2, 0.25) is 0 Å². The van der Waals surface area contributed by atoms with Crippen molar-refractivity contribution in [3.8, 4) is 0 Å². The van der Waals surface area contributed by atoms with Crippen LogP contribution in [0.1, 0.15) is 30.0 Å². The van der Waals surface area contributed by atoms with Gasteiger partial charge in [0, 0.05) is 31.0 Å². The van der Waals surface area contributed by atoms with E-state index < -0.39 is 12.2 Å². The summed E-state index contributed by atoms with van der Waals surface area (Å²) >= 11 is 1.00. The fraction of sp³-hybridized carbons (Fsp3) is 0.636. The van der Waals surface area contributed by atoms with Gasteiger partial charge in [0.25, 0.3) is 0 Å². The molecule has 2 N–H and O–H groups in total. The second kappa shape index (κ2) is 5.66. The Kier molecular flexibility index (Phi) is 4.73. The molecule has 17 heavy (non-hydrogen) atoms. The van der Waals surface area contributed by atoms with Crippen molar-refractivity contribution in [3.63, 3.8) is 0 Å². The zero-order valence-corrected chi connectivity index (χ0v) is 11.3. The number of thioether (sulfide) groups is 1. The lowest BCUT2D eigenvalue weighted by Gasteiger charge is -2.17. The molecular formula is C11H18N2O3S. The van der Waals surface area contributed by atoms with Gasteiger partial charge in [0.05, 0.1) is 11.8 Å². The van der Waals surface area contributed by atoms with Crippen molar-refractivity contribution in [3.05, 3.63) is 17.0 Å². The minimum atomic E-state index is -1.00. The van der Waals surface area contributed by atoms with Crippen LogP contribution < -0.4 is 0 Å². The molecule has 5 nitrogen and oxygen atoms in total. The second-order valence-electron chi connectivity index (χ2n) is 4.02. The molecule has 0 spiro atoms. The second-order valence-corrected chi connectivity index (χ2v) is 5.22. The van der Waals surface area contributed by atoms with Crippen LogP contribution in [0, 0.1) is 13.8 Å². The predicted octanol–water partition coefficient (Wildman–Crippen LogP) is 0.711. The summed E-state index contributed by atoms with van der Waals surface area (Å²) in [6, 6.07) is 0. The first-order valence-corrected chi connectivity index (χ1v) is 6.32. The Bertz CT molecular complexity index is 417. The quantitative estimate of drug-likeness (QED) is 0.832. The molecule has 96 valence electrons. The summed E-state index contributed by atoms with van der Waals surface area (Å²) in [5.74, 6) is 0.185. The summed E-state index contributed by atoms with van der Waals surface area (Å²) in [5.41, 5.74) is 2.16. The Balaban J connectivity index is 2.81. The van der Waals surface area contributed by atoms with Crippen molar-refractivity contribution in [1.82, 2.24) is 9.78 Å². The monoisotopic (exact) mass is 258 g/mol. The number of hydrogen-bond acceptors (Lipinski definition) is 5. The number of carbonyl (C=O) groups is 1. The van der Waals surface area contributed by atoms with Crippen LogP contribution in [0.15, 0.2) is 0 Å². The third-order valence-electron chi connectivity index (χ3n) is 2.68. The normalized spacial score (nSPS) is 14.7. The SMILES string of the molecule is CC(=O)SCC(O)C(O)c1c(C)nn(C)c1C. The Morgan fingerprint density at radius 3 is 2.47 bits per heavy atom. The number of aryl methyl sites for hydroxylation is 2. The molecule has 0 aliphatic carbocycles. The minimum Gasteiger partial charge on any atom is -0.389 e. The van der Waals surface area contributed by atoms with Crippen molar-refractivity contribution in [2.24, 2.45) is 7.05 Å². The summed E-state index contributed by atoms with van der Waals surface area (Å²) < 4.78 is 1.67. The molecule has 2 unspecified atom stereocenters. The van der Waals surface area contributed by atoms with Crippen molar-refractivity contribution < 1.29 is 15.0 Å². The van der Waals surface area contributed by atoms with Gasteiger partial charge in [-0.05, 0) is 13.8 Å². The summed E-state index contributed by atoms with van der Waals surface area (Å²) in [4.78, 5) is 10.8. The van der Waals surface area contributed by atoms with Crippen LogP contribution in [-0.2, 0) is 11.8 Å². The van der Waals surface area contributed by atoms with Crippen LogP contribution >= 0.6 is 11.8 Å². The fourth-order valence-electron chi connectivity index (χ4n) is 1.70. The smallest absolute Gasteiger partial charge is 0.185 e. The largest absolute Gasteiger partial charge is 0.389 e. The van der Waals surface area contributed by atoms with E-state index in [1.807, 2.05) is 6.92 Å². The summed E-state index contributed by atoms with van der Waals surface area (Å²) in [7, 11) is 1.79. The van der Waals surface area contributed by atoms with E-state index in [-0.39, 0.29) is 10.9 Å². The van der Waals surface area contributed by atoms with E-state index in [0.29, 0.717) is 11.3 Å². The molecule has 0 saturated heterocycles. The standard InChI is InChI=1S/C11H18N2O3S/c1-6-10(7(2)13(4)12-6)11(16)9(15)5-17-8(3)14/h9,11,15-16H,5H2,1-4H3. The lowest BCUT2D eigenvalue weighted by molar-refractivity contribution is -0.109. The van der Waals surface area contributed by atoms with Gasteiger partial charge in [-0.1, -0.05) is 11.8 Å². The van der Waals surface area contributed by atoms with Gasteiger partial charge in [-0.3, -0.25) is 9.48 Å². The maximum atomic E-state index is 10.8. The van der Waals surface area contributed by atoms with Crippen LogP contribution in [-0.4, -0.2) is 37.0 Å². The molecule has 1 aromatic heterocycles. The summed E-state index contributed by atoms with van der Waals surface area (Å²) in [5, 5.41) is 24.0. The molecule has 2 atom stereocenters. The van der Waals surface area contributed by atoms with E-state index in [1.54, 1.807) is 18.7 Å². The van der Waals surface area contributed by atoms with Crippen molar-refractivity contribution >= 4 is 16.9 Å². The molecule has 0 amide bonds. The van der Waals surface area contributed by atoms with Crippen molar-refractivity contribution in [1.29, 1.82) is 0 Å². The van der Waals surface area contributed by atoms with Crippen molar-refractivity contribution in [2.75, 3.05) is 5.75 Å². The maximum Gasteiger partial charge on any atom is 0.185 e. The van der Waals surface area contributed by atoms with Crippen LogP contribution in [0.25, 0.3) is 0 Å². The number of hydrogen-bond donors (Lipinski definition) is 2. The van der Waals surface area contributed by atoms with Crippen LogP contribution in [0.3, 0.4) is 0 Å². The van der Waals surface area contributed by atoms with Gasteiger partial charge in [-0.15, -0.1) is 0 Å². The summed E-state index contributed by atoms with van der Waals surface area (Å²) in [6.07, 6.45) is -1.97. The molecule has 0 bridgehead atoms. The lowest BCUT2D eigenvalue weighted by atomic mass is 10.0. The number of carbonyl (C=O) groups excluding carboxylic acids is 1. The zero-order valence-electron chi connectivity index (χ0n) is 10.5. The molecule has 1 heterocycles. The lowest BCUT2D eigenvalue weighted by Crippen LogP contribution is -2.22. The first kappa shape index (κ1) is 14.2. The molecule has 0 saturated carbocycles. The van der Waals surface area contributed by atoms with Crippen LogP contribution in [0.5, 0.6) is 0 Å². The Morgan fingerprint density at radius 1 is 1.47 bits per heavy atom. The zero-order chi connectivity index (χ0) is 13.2. The van der Waals surface area contributed by atoms with E-state index in [2.05, 4.69) is 5.10 Å². The number of nitrogens with zero attached hydrogens (tertiary/aromatic N) is 2. The molecular weight excluding hydrogens is 240 g/mol. The molecule has 0 aliphatic heterocycles. The molecule has 6 heteroatoms. The maximum absolute atomic E-state index is 10.8. The molecule has 0 aliphatic rings. The number of rotatable bonds is 4. The summed E-state index contributed by atoms with van der Waals surface area (Å²) in [6.45, 7) is 5.06. The highest BCUT2D eigenvalue weighted by atomic mass is 32.2. The van der Waals surface area contributed by atoms with Crippen LogP contribution in [0.4, 0.5) is 0 Å². The third kappa shape index (κ3) is 3.31. The van der Waals surface area contributed by atoms with Gasteiger partial charge in [-0.25, -0.2) is 0 Å². The van der Waals surface area contributed by atoms with E-state index in [4.69, 9.17) is 0 Å². The first-order valence-electron chi connectivity index (χ1n) is 5.34. The van der Waals surface area contributed by atoms with Gasteiger partial charge in [-0.2, -0.15) is 5.10 Å². The van der Waals surface area contributed by atoms with Crippen molar-refractivity contribution in [2.45, 2.75) is 33.0 Å². The predicted molar refractivity (Wildman–Crippen MR) is 66.8 cm³/mol. The highest BCUT2D eigenvalue weighted by Gasteiger charge is 2.25. The average molecular weight is 258 g/mol. The Morgan fingerprint density at radius 2 is 2.06 bits per heavy atom. The third-order valence-corrected chi connectivity index (χ3v) is 3.60. The molecule has 0 aromatic carbocycles. The molecule has 1 rings (SSSR count). The van der Waals surface area contributed by atoms with E-state index in [0.717, 1.165) is 17.5 Å². The number of aliphatic hydroxyl groups is 2. The Hall–Kier alpha value is -0.850. The van der Waals surface area contributed by atoms with Gasteiger partial charge < -0.3 is 10.2 Å². The van der Waals surface area contributed by atoms with Gasteiger partial charge in [0.15, 0.2) is 5.12 Å². The molecule has 0 radical (unpaired) electrons. The topological polar surface area (TPSA) is 75.3 Å². The fourth-order valence-corrected chi connectivity index (χ4v) is 2.29.